The standard InChI is InChI=1S/C25H37N3O2/c1-28(2)22(13-18-6-4-3-5-7-18)17-27-23(29)8-9-26-24(30)25-14-19-10-20(15-25)12-21(11-19)16-25/h3-7,19-22H,8-17H2,1-2H3,(H,26,30)(H,27,29). The maximum Gasteiger partial charge on any atom is 0.226 e. The molecule has 2 N–H and O–H groups in total. The Morgan fingerprint density at radius 2 is 1.60 bits per heavy atom. The number of amides is 2. The molecule has 0 saturated heterocycles. The van der Waals surface area contributed by atoms with E-state index in [1.54, 1.807) is 0 Å². The summed E-state index contributed by atoms with van der Waals surface area (Å²) >= 11 is 0. The highest BCUT2D eigenvalue weighted by Gasteiger charge is 2.54. The van der Waals surface area contributed by atoms with Gasteiger partial charge in [0.25, 0.3) is 0 Å². The second-order valence-corrected chi connectivity index (χ2v) is 10.3. The first-order chi connectivity index (χ1) is 14.4. The minimum absolute atomic E-state index is 0.0146. The van der Waals surface area contributed by atoms with E-state index in [4.69, 9.17) is 0 Å². The van der Waals surface area contributed by atoms with Crippen molar-refractivity contribution < 1.29 is 9.59 Å². The van der Waals surface area contributed by atoms with Crippen LogP contribution in [0.5, 0.6) is 0 Å². The minimum atomic E-state index is -0.128. The molecule has 4 fully saturated rings. The quantitative estimate of drug-likeness (QED) is 0.657. The molecule has 0 aromatic heterocycles. The molecule has 1 aromatic rings. The van der Waals surface area contributed by atoms with Crippen LogP contribution in [0.25, 0.3) is 0 Å². The van der Waals surface area contributed by atoms with E-state index in [9.17, 15) is 9.59 Å². The SMILES string of the molecule is CN(C)C(CNC(=O)CCNC(=O)C12CC3CC(CC(C3)C1)C2)Cc1ccccc1. The molecular formula is C25H37N3O2. The fraction of sp³-hybridized carbons (Fsp3) is 0.680. The topological polar surface area (TPSA) is 61.4 Å². The molecule has 1 atom stereocenters. The third-order valence-electron chi connectivity index (χ3n) is 7.74. The van der Waals surface area contributed by atoms with Gasteiger partial charge in [0.2, 0.25) is 11.8 Å². The summed E-state index contributed by atoms with van der Waals surface area (Å²) in [5, 5.41) is 6.17. The van der Waals surface area contributed by atoms with Crippen LogP contribution in [-0.2, 0) is 16.0 Å². The predicted octanol–water partition coefficient (Wildman–Crippen LogP) is 3.00. The van der Waals surface area contributed by atoms with E-state index in [1.165, 1.54) is 24.8 Å². The van der Waals surface area contributed by atoms with Gasteiger partial charge in [0, 0.05) is 31.0 Å². The summed E-state index contributed by atoms with van der Waals surface area (Å²) in [6.45, 7) is 1.06. The zero-order valence-corrected chi connectivity index (χ0v) is 18.5. The number of likely N-dealkylation sites (N-methyl/N-ethyl adjacent to an activating group) is 1. The first kappa shape index (κ1) is 21.4. The predicted molar refractivity (Wildman–Crippen MR) is 119 cm³/mol. The number of hydrogen-bond acceptors (Lipinski definition) is 3. The van der Waals surface area contributed by atoms with Gasteiger partial charge in [-0.15, -0.1) is 0 Å². The lowest BCUT2D eigenvalue weighted by atomic mass is 9.49. The van der Waals surface area contributed by atoms with Gasteiger partial charge < -0.3 is 15.5 Å². The molecule has 5 rings (SSSR count). The minimum Gasteiger partial charge on any atom is -0.355 e. The van der Waals surface area contributed by atoms with E-state index in [1.807, 2.05) is 32.3 Å². The van der Waals surface area contributed by atoms with Gasteiger partial charge in [-0.2, -0.15) is 0 Å². The van der Waals surface area contributed by atoms with Gasteiger partial charge in [0.1, 0.15) is 0 Å². The lowest BCUT2D eigenvalue weighted by Crippen LogP contribution is -2.53. The van der Waals surface area contributed by atoms with Crippen LogP contribution in [0, 0.1) is 23.2 Å². The Morgan fingerprint density at radius 1 is 1.00 bits per heavy atom. The van der Waals surface area contributed by atoms with E-state index < -0.39 is 0 Å². The van der Waals surface area contributed by atoms with Crippen molar-refractivity contribution in [2.45, 2.75) is 57.4 Å². The van der Waals surface area contributed by atoms with Crippen LogP contribution in [0.15, 0.2) is 30.3 Å². The number of carbonyl (C=O) groups is 2. The molecule has 1 unspecified atom stereocenters. The fourth-order valence-corrected chi connectivity index (χ4v) is 6.51. The Labute approximate surface area is 181 Å². The summed E-state index contributed by atoms with van der Waals surface area (Å²) in [6.07, 6.45) is 8.48. The summed E-state index contributed by atoms with van der Waals surface area (Å²) in [4.78, 5) is 27.5. The number of benzene rings is 1. The second-order valence-electron chi connectivity index (χ2n) is 10.3. The van der Waals surface area contributed by atoms with Crippen molar-refractivity contribution in [3.63, 3.8) is 0 Å². The molecule has 2 amide bonds. The molecule has 164 valence electrons. The van der Waals surface area contributed by atoms with Crippen LogP contribution >= 0.6 is 0 Å². The summed E-state index contributed by atoms with van der Waals surface area (Å²) in [7, 11) is 4.09. The summed E-state index contributed by atoms with van der Waals surface area (Å²) in [6, 6.07) is 10.6. The Morgan fingerprint density at radius 3 is 2.17 bits per heavy atom. The first-order valence-corrected chi connectivity index (χ1v) is 11.7. The van der Waals surface area contributed by atoms with Gasteiger partial charge in [-0.3, -0.25) is 9.59 Å². The van der Waals surface area contributed by atoms with Gasteiger partial charge in [-0.05, 0) is 82.4 Å². The molecule has 0 radical (unpaired) electrons. The van der Waals surface area contributed by atoms with Crippen molar-refractivity contribution in [3.8, 4) is 0 Å². The zero-order chi connectivity index (χ0) is 21.1. The summed E-state index contributed by atoms with van der Waals surface area (Å²) in [5.41, 5.74) is 1.14. The van der Waals surface area contributed by atoms with Crippen LogP contribution in [0.2, 0.25) is 0 Å². The van der Waals surface area contributed by atoms with Gasteiger partial charge in [-0.25, -0.2) is 0 Å². The van der Waals surface area contributed by atoms with Crippen LogP contribution in [0.1, 0.15) is 50.5 Å². The first-order valence-electron chi connectivity index (χ1n) is 11.7. The summed E-state index contributed by atoms with van der Waals surface area (Å²) in [5.74, 6) is 2.51. The van der Waals surface area contributed by atoms with Crippen LogP contribution in [-0.4, -0.2) is 49.9 Å². The Bertz CT molecular complexity index is 711. The average molecular weight is 412 g/mol. The van der Waals surface area contributed by atoms with E-state index in [2.05, 4.69) is 27.7 Å². The number of hydrogen-bond donors (Lipinski definition) is 2. The monoisotopic (exact) mass is 411 g/mol. The Balaban J connectivity index is 1.20. The Hall–Kier alpha value is -1.88. The van der Waals surface area contributed by atoms with Crippen molar-refractivity contribution in [1.29, 1.82) is 0 Å². The molecule has 0 heterocycles. The normalized spacial score (nSPS) is 30.3. The number of nitrogens with zero attached hydrogens (tertiary/aromatic N) is 1. The molecule has 5 nitrogen and oxygen atoms in total. The maximum absolute atomic E-state index is 13.0. The van der Waals surface area contributed by atoms with Crippen molar-refractivity contribution in [1.82, 2.24) is 15.5 Å². The molecule has 30 heavy (non-hydrogen) atoms. The maximum atomic E-state index is 13.0. The highest BCUT2D eigenvalue weighted by atomic mass is 16.2. The number of carbonyl (C=O) groups excluding carboxylic acids is 2. The molecule has 5 heteroatoms. The van der Waals surface area contributed by atoms with Crippen LogP contribution < -0.4 is 10.6 Å². The highest BCUT2D eigenvalue weighted by molar-refractivity contribution is 5.84. The fourth-order valence-electron chi connectivity index (χ4n) is 6.51. The molecule has 4 bridgehead atoms. The van der Waals surface area contributed by atoms with Gasteiger partial charge >= 0.3 is 0 Å². The largest absolute Gasteiger partial charge is 0.355 e. The second kappa shape index (κ2) is 9.09. The van der Waals surface area contributed by atoms with E-state index in [0.29, 0.717) is 19.5 Å². The highest BCUT2D eigenvalue weighted by Crippen LogP contribution is 2.60. The third-order valence-corrected chi connectivity index (χ3v) is 7.74. The molecule has 4 aliphatic rings. The third kappa shape index (κ3) is 4.88. The molecule has 4 aliphatic carbocycles. The van der Waals surface area contributed by atoms with Crippen molar-refractivity contribution in [2.24, 2.45) is 23.2 Å². The van der Waals surface area contributed by atoms with E-state index in [0.717, 1.165) is 43.4 Å². The molecule has 4 saturated carbocycles. The smallest absolute Gasteiger partial charge is 0.226 e. The van der Waals surface area contributed by atoms with Crippen molar-refractivity contribution in [2.75, 3.05) is 27.2 Å². The zero-order valence-electron chi connectivity index (χ0n) is 18.5. The van der Waals surface area contributed by atoms with E-state index in [-0.39, 0.29) is 23.3 Å². The number of rotatable bonds is 9. The average Bonchev–Trinajstić information content (AvgIpc) is 2.70. The number of nitrogens with one attached hydrogen (secondary N) is 2. The van der Waals surface area contributed by atoms with Crippen LogP contribution in [0.3, 0.4) is 0 Å². The molecule has 1 aromatic carbocycles. The molecular weight excluding hydrogens is 374 g/mol. The van der Waals surface area contributed by atoms with Gasteiger partial charge in [-0.1, -0.05) is 30.3 Å². The van der Waals surface area contributed by atoms with E-state index >= 15 is 0 Å². The van der Waals surface area contributed by atoms with Crippen molar-refractivity contribution >= 4 is 11.8 Å². The van der Waals surface area contributed by atoms with Gasteiger partial charge in [0.15, 0.2) is 0 Å². The Kier molecular flexibility index (Phi) is 6.47. The lowest BCUT2D eigenvalue weighted by molar-refractivity contribution is -0.146. The van der Waals surface area contributed by atoms with Crippen LogP contribution in [0.4, 0.5) is 0 Å². The summed E-state index contributed by atoms with van der Waals surface area (Å²) < 4.78 is 0. The molecule has 0 spiro atoms. The van der Waals surface area contributed by atoms with Gasteiger partial charge in [0.05, 0.1) is 0 Å². The van der Waals surface area contributed by atoms with Crippen molar-refractivity contribution in [3.05, 3.63) is 35.9 Å². The lowest BCUT2D eigenvalue weighted by Gasteiger charge is -2.55. The molecule has 0 aliphatic heterocycles.